The summed E-state index contributed by atoms with van der Waals surface area (Å²) >= 11 is 0. The lowest BCUT2D eigenvalue weighted by atomic mass is 10.1. The molecule has 0 aromatic heterocycles. The predicted molar refractivity (Wildman–Crippen MR) is 73.6 cm³/mol. The number of carboxylic acid groups (broad SMARTS) is 1. The van der Waals surface area contributed by atoms with Gasteiger partial charge in [-0.05, 0) is 25.1 Å². The van der Waals surface area contributed by atoms with Crippen LogP contribution in [0.2, 0.25) is 0 Å². The Labute approximate surface area is 107 Å². The number of carbonyl (C=O) groups is 1. The number of allylic oxidation sites excluding steroid dienone is 1. The molecule has 0 atom stereocenters. The molecule has 1 aromatic carbocycles. The highest BCUT2D eigenvalue weighted by molar-refractivity contribution is 5.91. The van der Waals surface area contributed by atoms with Crippen molar-refractivity contribution in [3.8, 4) is 5.75 Å². The molecule has 0 unspecified atom stereocenters. The van der Waals surface area contributed by atoms with Gasteiger partial charge >= 0.3 is 5.97 Å². The summed E-state index contributed by atoms with van der Waals surface area (Å²) in [6.07, 6.45) is 1.60. The summed E-state index contributed by atoms with van der Waals surface area (Å²) < 4.78 is 5.00. The van der Waals surface area contributed by atoms with Crippen LogP contribution in [0.5, 0.6) is 5.75 Å². The summed E-state index contributed by atoms with van der Waals surface area (Å²) in [6.45, 7) is 5.69. The van der Waals surface area contributed by atoms with Gasteiger partial charge in [0.15, 0.2) is 0 Å². The Hall–Kier alpha value is -2.17. The van der Waals surface area contributed by atoms with Gasteiger partial charge in [0.05, 0.1) is 18.4 Å². The number of hydrogen-bond acceptors (Lipinski definition) is 4. The first-order valence-corrected chi connectivity index (χ1v) is 5.60. The molecule has 1 rings (SSSR count). The van der Waals surface area contributed by atoms with Crippen LogP contribution >= 0.6 is 0 Å². The molecule has 100 valence electrons. The largest absolute Gasteiger partial charge is 0.495 e. The van der Waals surface area contributed by atoms with Crippen molar-refractivity contribution in [2.75, 3.05) is 12.8 Å². The first-order valence-electron chi connectivity index (χ1n) is 5.60. The van der Waals surface area contributed by atoms with E-state index in [1.54, 1.807) is 13.0 Å². The summed E-state index contributed by atoms with van der Waals surface area (Å²) in [5.74, 6) is -0.713. The van der Waals surface area contributed by atoms with Crippen LogP contribution in [0.15, 0.2) is 17.8 Å². The van der Waals surface area contributed by atoms with Crippen LogP contribution in [0.25, 0.3) is 6.08 Å². The number of hydrogen-bond donors (Lipinski definition) is 3. The van der Waals surface area contributed by atoms with E-state index < -0.39 is 5.97 Å². The zero-order chi connectivity index (χ0) is 14.3. The molecule has 0 fully saturated rings. The van der Waals surface area contributed by atoms with Crippen LogP contribution in [-0.2, 0) is 0 Å². The molecular weight excluding hydrogens is 232 g/mol. The molecule has 0 radical (unpaired) electrons. The van der Waals surface area contributed by atoms with E-state index in [2.05, 4.69) is 0 Å². The van der Waals surface area contributed by atoms with Crippen molar-refractivity contribution in [2.24, 2.45) is 5.73 Å². The minimum atomic E-state index is -1.04. The molecule has 18 heavy (non-hydrogen) atoms. The molecule has 5 heteroatoms. The normalized spacial score (nSPS) is 10.3. The number of rotatable bonds is 3. The van der Waals surface area contributed by atoms with E-state index in [-0.39, 0.29) is 5.56 Å². The second-order valence-corrected chi connectivity index (χ2v) is 3.37. The Morgan fingerprint density at radius 1 is 1.39 bits per heavy atom. The van der Waals surface area contributed by atoms with E-state index in [0.717, 1.165) is 0 Å². The molecule has 0 amide bonds. The summed E-state index contributed by atoms with van der Waals surface area (Å²) in [7, 11) is 1.43. The van der Waals surface area contributed by atoms with E-state index in [1.807, 2.05) is 13.8 Å². The van der Waals surface area contributed by atoms with Crippen molar-refractivity contribution in [1.29, 1.82) is 0 Å². The van der Waals surface area contributed by atoms with Crippen molar-refractivity contribution in [3.63, 3.8) is 0 Å². The van der Waals surface area contributed by atoms with E-state index in [9.17, 15) is 4.79 Å². The van der Waals surface area contributed by atoms with Gasteiger partial charge in [0.2, 0.25) is 0 Å². The minimum absolute atomic E-state index is 0.110. The standard InChI is InChI=1S/C11H14N2O3.C2H6/c1-6(12)3-7-4-8(11(14)15)5-9(16-2)10(7)13;1-2/h3-5H,12-13H2,1-2H3,(H,14,15);1-2H3/b6-3-;. The maximum absolute atomic E-state index is 10.9. The molecule has 0 aliphatic rings. The van der Waals surface area contributed by atoms with Gasteiger partial charge in [-0.2, -0.15) is 0 Å². The lowest BCUT2D eigenvalue weighted by Gasteiger charge is -2.09. The Bertz CT molecular complexity index is 450. The molecular formula is C13H20N2O3. The third-order valence-corrected chi connectivity index (χ3v) is 2.02. The Morgan fingerprint density at radius 3 is 2.33 bits per heavy atom. The van der Waals surface area contributed by atoms with Crippen molar-refractivity contribution < 1.29 is 14.6 Å². The van der Waals surface area contributed by atoms with Crippen molar-refractivity contribution in [3.05, 3.63) is 29.0 Å². The molecule has 0 aliphatic heterocycles. The smallest absolute Gasteiger partial charge is 0.335 e. The number of methoxy groups -OCH3 is 1. The van der Waals surface area contributed by atoms with Gasteiger partial charge < -0.3 is 21.3 Å². The average molecular weight is 252 g/mol. The van der Waals surface area contributed by atoms with Crippen molar-refractivity contribution in [2.45, 2.75) is 20.8 Å². The summed E-state index contributed by atoms with van der Waals surface area (Å²) in [6, 6.07) is 2.83. The third kappa shape index (κ3) is 4.01. The topological polar surface area (TPSA) is 98.6 Å². The lowest BCUT2D eigenvalue weighted by Crippen LogP contribution is -2.03. The number of anilines is 1. The highest BCUT2D eigenvalue weighted by Gasteiger charge is 2.11. The Morgan fingerprint density at radius 2 is 1.94 bits per heavy atom. The minimum Gasteiger partial charge on any atom is -0.495 e. The first kappa shape index (κ1) is 15.8. The zero-order valence-corrected chi connectivity index (χ0v) is 11.2. The van der Waals surface area contributed by atoms with Gasteiger partial charge in [0, 0.05) is 11.3 Å². The fourth-order valence-corrected chi connectivity index (χ4v) is 1.31. The molecule has 1 aromatic rings. The van der Waals surface area contributed by atoms with Crippen LogP contribution in [0.3, 0.4) is 0 Å². The summed E-state index contributed by atoms with van der Waals surface area (Å²) in [5.41, 5.74) is 12.9. The number of carboxylic acids is 1. The Kier molecular flexibility index (Phi) is 6.34. The van der Waals surface area contributed by atoms with Gasteiger partial charge in [-0.15, -0.1) is 0 Å². The predicted octanol–water partition coefficient (Wildman–Crippen LogP) is 2.32. The monoisotopic (exact) mass is 252 g/mol. The molecule has 0 heterocycles. The number of aromatic carboxylic acids is 1. The number of benzene rings is 1. The first-order chi connectivity index (χ1) is 8.45. The van der Waals surface area contributed by atoms with Crippen LogP contribution in [0.4, 0.5) is 5.69 Å². The summed E-state index contributed by atoms with van der Waals surface area (Å²) in [4.78, 5) is 10.9. The molecule has 0 saturated carbocycles. The number of ether oxygens (including phenoxy) is 1. The molecule has 0 bridgehead atoms. The maximum atomic E-state index is 10.9. The van der Waals surface area contributed by atoms with E-state index in [0.29, 0.717) is 22.7 Å². The molecule has 0 aliphatic carbocycles. The van der Waals surface area contributed by atoms with Gasteiger partial charge in [0.25, 0.3) is 0 Å². The molecule has 5 nitrogen and oxygen atoms in total. The third-order valence-electron chi connectivity index (χ3n) is 2.02. The zero-order valence-electron chi connectivity index (χ0n) is 11.2. The van der Waals surface area contributed by atoms with E-state index >= 15 is 0 Å². The molecule has 0 saturated heterocycles. The lowest BCUT2D eigenvalue weighted by molar-refractivity contribution is 0.0696. The highest BCUT2D eigenvalue weighted by Crippen LogP contribution is 2.28. The van der Waals surface area contributed by atoms with Crippen LogP contribution in [0, 0.1) is 0 Å². The second-order valence-electron chi connectivity index (χ2n) is 3.37. The Balaban J connectivity index is 0.00000137. The SMILES string of the molecule is CC.COc1cc(C(=O)O)cc(/C=C(/C)N)c1N. The van der Waals surface area contributed by atoms with Gasteiger partial charge in [0.1, 0.15) is 5.75 Å². The van der Waals surface area contributed by atoms with Crippen LogP contribution < -0.4 is 16.2 Å². The van der Waals surface area contributed by atoms with Crippen molar-refractivity contribution >= 4 is 17.7 Å². The van der Waals surface area contributed by atoms with Crippen molar-refractivity contribution in [1.82, 2.24) is 0 Å². The van der Waals surface area contributed by atoms with E-state index in [4.69, 9.17) is 21.3 Å². The molecule has 0 spiro atoms. The molecule has 5 N–H and O–H groups in total. The van der Waals surface area contributed by atoms with Gasteiger partial charge in [-0.25, -0.2) is 4.79 Å². The van der Waals surface area contributed by atoms with Crippen LogP contribution in [0.1, 0.15) is 36.7 Å². The summed E-state index contributed by atoms with van der Waals surface area (Å²) in [5, 5.41) is 8.91. The van der Waals surface area contributed by atoms with Gasteiger partial charge in [-0.3, -0.25) is 0 Å². The van der Waals surface area contributed by atoms with E-state index in [1.165, 1.54) is 19.2 Å². The quantitative estimate of drug-likeness (QED) is 0.717. The number of nitrogen functional groups attached to an aromatic ring is 1. The van der Waals surface area contributed by atoms with Crippen LogP contribution in [-0.4, -0.2) is 18.2 Å². The average Bonchev–Trinajstić information content (AvgIpc) is 2.33. The second kappa shape index (κ2) is 7.21. The highest BCUT2D eigenvalue weighted by atomic mass is 16.5. The maximum Gasteiger partial charge on any atom is 0.335 e. The fraction of sp³-hybridized carbons (Fsp3) is 0.308. The number of nitrogens with two attached hydrogens (primary N) is 2. The van der Waals surface area contributed by atoms with Gasteiger partial charge in [-0.1, -0.05) is 13.8 Å². The fourth-order valence-electron chi connectivity index (χ4n) is 1.31.